The Morgan fingerprint density at radius 3 is 2.80 bits per heavy atom. The van der Waals surface area contributed by atoms with E-state index in [2.05, 4.69) is 4.74 Å². The third-order valence-corrected chi connectivity index (χ3v) is 1.90. The number of aliphatic hydroxyl groups is 1. The second kappa shape index (κ2) is 5.91. The maximum atomic E-state index is 10.6. The lowest BCUT2D eigenvalue weighted by Gasteiger charge is -2.04. The van der Waals surface area contributed by atoms with Crippen LogP contribution in [0.4, 0.5) is 0 Å². The van der Waals surface area contributed by atoms with Gasteiger partial charge in [-0.15, -0.1) is 0 Å². The number of rotatable bonds is 4. The average Bonchev–Trinajstić information content (AvgIpc) is 1.88. The maximum Gasteiger partial charge on any atom is 0.308 e. The fraction of sp³-hybridized carbons (Fsp3) is 0.833. The van der Waals surface area contributed by atoms with Gasteiger partial charge >= 0.3 is 5.97 Å². The van der Waals surface area contributed by atoms with Gasteiger partial charge < -0.3 is 9.84 Å². The van der Waals surface area contributed by atoms with Crippen LogP contribution in [0.3, 0.4) is 0 Å². The highest BCUT2D eigenvalue weighted by Crippen LogP contribution is 1.98. The number of hydrogen-bond donors (Lipinski definition) is 1. The largest absolute Gasteiger partial charge is 0.466 e. The van der Waals surface area contributed by atoms with Crippen LogP contribution < -0.4 is 0 Å². The van der Waals surface area contributed by atoms with Gasteiger partial charge in [-0.25, -0.2) is 0 Å². The van der Waals surface area contributed by atoms with E-state index in [0.29, 0.717) is 11.0 Å². The summed E-state index contributed by atoms with van der Waals surface area (Å²) in [6.45, 7) is 2.13. The van der Waals surface area contributed by atoms with Crippen molar-refractivity contribution < 1.29 is 14.6 Å². The zero-order valence-electron chi connectivity index (χ0n) is 5.84. The lowest BCUT2D eigenvalue weighted by Crippen LogP contribution is -2.16. The van der Waals surface area contributed by atoms with Gasteiger partial charge in [-0.2, -0.15) is 0 Å². The van der Waals surface area contributed by atoms with Crippen LogP contribution in [-0.2, 0) is 9.53 Å². The van der Waals surface area contributed by atoms with E-state index >= 15 is 0 Å². The molecule has 0 aromatic carbocycles. The van der Waals surface area contributed by atoms with Crippen molar-refractivity contribution >= 4 is 28.6 Å². The second-order valence-electron chi connectivity index (χ2n) is 1.82. The average molecular weight is 258 g/mol. The molecule has 0 amide bonds. The minimum absolute atomic E-state index is 0.108. The first-order chi connectivity index (χ1) is 4.70. The smallest absolute Gasteiger partial charge is 0.308 e. The van der Waals surface area contributed by atoms with E-state index in [-0.39, 0.29) is 12.4 Å². The second-order valence-corrected chi connectivity index (χ2v) is 2.70. The van der Waals surface area contributed by atoms with Gasteiger partial charge in [0.15, 0.2) is 0 Å². The molecule has 1 N–H and O–H groups in total. The minimum atomic E-state index is -0.556. The third-order valence-electron chi connectivity index (χ3n) is 0.886. The summed E-state index contributed by atoms with van der Waals surface area (Å²) in [6.07, 6.45) is -0.448. The maximum absolute atomic E-state index is 10.6. The molecule has 1 atom stereocenters. The Morgan fingerprint density at radius 1 is 1.80 bits per heavy atom. The van der Waals surface area contributed by atoms with Crippen LogP contribution in [0.2, 0.25) is 0 Å². The quantitative estimate of drug-likeness (QED) is 0.459. The van der Waals surface area contributed by atoms with Gasteiger partial charge in [0.05, 0.1) is 19.1 Å². The monoisotopic (exact) mass is 258 g/mol. The Hall–Kier alpha value is 0.160. The Balaban J connectivity index is 3.37. The molecule has 0 radical (unpaired) electrons. The van der Waals surface area contributed by atoms with Crippen LogP contribution in [0.15, 0.2) is 0 Å². The molecule has 0 aromatic rings. The molecule has 0 aliphatic carbocycles. The number of halogens is 1. The predicted octanol–water partition coefficient (Wildman–Crippen LogP) is 0.736. The summed E-state index contributed by atoms with van der Waals surface area (Å²) >= 11 is 2.02. The molecule has 4 heteroatoms. The van der Waals surface area contributed by atoms with E-state index in [1.54, 1.807) is 6.92 Å². The van der Waals surface area contributed by atoms with Crippen molar-refractivity contribution in [2.75, 3.05) is 11.0 Å². The number of alkyl halides is 1. The molecule has 10 heavy (non-hydrogen) atoms. The van der Waals surface area contributed by atoms with Gasteiger partial charge in [0.1, 0.15) is 0 Å². The van der Waals surface area contributed by atoms with Crippen molar-refractivity contribution in [1.82, 2.24) is 0 Å². The van der Waals surface area contributed by atoms with Crippen LogP contribution >= 0.6 is 22.6 Å². The third kappa shape index (κ3) is 4.99. The fourth-order valence-electron chi connectivity index (χ4n) is 0.467. The van der Waals surface area contributed by atoms with E-state index in [9.17, 15) is 4.79 Å². The topological polar surface area (TPSA) is 46.5 Å². The number of hydrogen-bond acceptors (Lipinski definition) is 3. The Kier molecular flexibility index (Phi) is 6.00. The summed E-state index contributed by atoms with van der Waals surface area (Å²) < 4.78 is 5.18. The lowest BCUT2D eigenvalue weighted by atomic mass is 10.3. The Morgan fingerprint density at radius 2 is 2.40 bits per heavy atom. The van der Waals surface area contributed by atoms with E-state index in [1.165, 1.54) is 0 Å². The molecule has 60 valence electrons. The van der Waals surface area contributed by atoms with Crippen LogP contribution in [0.1, 0.15) is 13.3 Å². The summed E-state index contributed by atoms with van der Waals surface area (Å²) in [5.74, 6) is -0.327. The van der Waals surface area contributed by atoms with Crippen molar-refractivity contribution in [2.24, 2.45) is 0 Å². The molecule has 0 rings (SSSR count). The standard InChI is InChI=1S/C6H11IO3/c1-2-10-6(9)3-5(8)4-7/h5,8H,2-4H2,1H3/t5-/m0/s1. The zero-order chi connectivity index (χ0) is 7.98. The van der Waals surface area contributed by atoms with Crippen molar-refractivity contribution in [3.63, 3.8) is 0 Å². The van der Waals surface area contributed by atoms with E-state index in [0.717, 1.165) is 0 Å². The number of carbonyl (C=O) groups excluding carboxylic acids is 1. The normalized spacial score (nSPS) is 12.7. The SMILES string of the molecule is CCOC(=O)C[C@H](O)CI. The Bertz CT molecular complexity index is 105. The van der Waals surface area contributed by atoms with Crippen molar-refractivity contribution in [2.45, 2.75) is 19.4 Å². The summed E-state index contributed by atoms with van der Waals surface area (Å²) in [6, 6.07) is 0. The number of ether oxygens (including phenoxy) is 1. The molecule has 0 unspecified atom stereocenters. The fourth-order valence-corrected chi connectivity index (χ4v) is 0.778. The summed E-state index contributed by atoms with van der Waals surface area (Å²) in [4.78, 5) is 10.6. The Labute approximate surface area is 73.9 Å². The summed E-state index contributed by atoms with van der Waals surface area (Å²) in [5.41, 5.74) is 0. The van der Waals surface area contributed by atoms with E-state index in [1.807, 2.05) is 22.6 Å². The molecule has 0 aliphatic heterocycles. The van der Waals surface area contributed by atoms with Crippen molar-refractivity contribution in [3.05, 3.63) is 0 Å². The number of esters is 1. The van der Waals surface area contributed by atoms with Gasteiger partial charge in [-0.3, -0.25) is 4.79 Å². The highest BCUT2D eigenvalue weighted by Gasteiger charge is 2.08. The minimum Gasteiger partial charge on any atom is -0.466 e. The van der Waals surface area contributed by atoms with E-state index in [4.69, 9.17) is 5.11 Å². The molecule has 0 heterocycles. The van der Waals surface area contributed by atoms with Gasteiger partial charge in [0, 0.05) is 4.43 Å². The van der Waals surface area contributed by atoms with Crippen LogP contribution in [0, 0.1) is 0 Å². The molecule has 0 spiro atoms. The molecule has 0 bridgehead atoms. The highest BCUT2D eigenvalue weighted by molar-refractivity contribution is 14.1. The molecule has 0 aliphatic rings. The lowest BCUT2D eigenvalue weighted by molar-refractivity contribution is -0.144. The highest BCUT2D eigenvalue weighted by atomic mass is 127. The van der Waals surface area contributed by atoms with Crippen LogP contribution in [-0.4, -0.2) is 28.2 Å². The van der Waals surface area contributed by atoms with Crippen molar-refractivity contribution in [3.8, 4) is 0 Å². The summed E-state index contributed by atoms with van der Waals surface area (Å²) in [5, 5.41) is 8.95. The molecule has 0 saturated heterocycles. The van der Waals surface area contributed by atoms with Gasteiger partial charge in [-0.05, 0) is 6.92 Å². The summed E-state index contributed by atoms with van der Waals surface area (Å²) in [7, 11) is 0. The predicted molar refractivity (Wildman–Crippen MR) is 46.1 cm³/mol. The first-order valence-corrected chi connectivity index (χ1v) is 4.63. The number of aliphatic hydroxyl groups excluding tert-OH is 1. The molecule has 3 nitrogen and oxygen atoms in total. The molecular formula is C6H11IO3. The van der Waals surface area contributed by atoms with Crippen molar-refractivity contribution in [1.29, 1.82) is 0 Å². The van der Waals surface area contributed by atoms with Gasteiger partial charge in [0.2, 0.25) is 0 Å². The zero-order valence-corrected chi connectivity index (χ0v) is 8.00. The van der Waals surface area contributed by atoms with Crippen LogP contribution in [0.5, 0.6) is 0 Å². The van der Waals surface area contributed by atoms with E-state index < -0.39 is 6.10 Å². The first-order valence-electron chi connectivity index (χ1n) is 3.10. The van der Waals surface area contributed by atoms with Gasteiger partial charge in [0.25, 0.3) is 0 Å². The molecule has 0 saturated carbocycles. The van der Waals surface area contributed by atoms with Gasteiger partial charge in [-0.1, -0.05) is 22.6 Å². The van der Waals surface area contributed by atoms with Crippen LogP contribution in [0.25, 0.3) is 0 Å². The number of carbonyl (C=O) groups is 1. The molecule has 0 aromatic heterocycles. The molecule has 0 fully saturated rings. The molecular weight excluding hydrogens is 247 g/mol. The first kappa shape index (κ1) is 10.2.